The molecule has 0 aliphatic heterocycles. The number of hydrogen-bond donors (Lipinski definition) is 0. The quantitative estimate of drug-likeness (QED) is 0.245. The van der Waals surface area contributed by atoms with Crippen molar-refractivity contribution in [3.8, 4) is 11.1 Å². The maximum Gasteiger partial charge on any atom is 0.149 e. The third-order valence-electron chi connectivity index (χ3n) is 5.92. The van der Waals surface area contributed by atoms with Gasteiger partial charge in [-0.15, -0.1) is 0 Å². The lowest BCUT2D eigenvalue weighted by atomic mass is 10.0. The summed E-state index contributed by atoms with van der Waals surface area (Å²) >= 11 is 3.76. The largest absolute Gasteiger partial charge is 0.455 e. The van der Waals surface area contributed by atoms with Gasteiger partial charge < -0.3 is 9.32 Å². The van der Waals surface area contributed by atoms with Gasteiger partial charge in [0.1, 0.15) is 11.2 Å². The zero-order valence-electron chi connectivity index (χ0n) is 17.8. The number of fused-ring (bicyclic) bond motifs is 3. The van der Waals surface area contributed by atoms with Crippen LogP contribution in [-0.4, -0.2) is 0 Å². The molecule has 2 nitrogen and oxygen atoms in total. The molecule has 0 spiro atoms. The molecule has 0 aliphatic carbocycles. The van der Waals surface area contributed by atoms with Crippen molar-refractivity contribution in [1.29, 1.82) is 0 Å². The second kappa shape index (κ2) is 8.27. The van der Waals surface area contributed by atoms with Crippen LogP contribution in [0.25, 0.3) is 33.1 Å². The van der Waals surface area contributed by atoms with Crippen molar-refractivity contribution in [2.24, 2.45) is 0 Å². The van der Waals surface area contributed by atoms with Gasteiger partial charge in [0.25, 0.3) is 0 Å². The van der Waals surface area contributed by atoms with Gasteiger partial charge in [0.2, 0.25) is 0 Å². The zero-order chi connectivity index (χ0) is 22.2. The highest BCUT2D eigenvalue weighted by atomic mass is 79.9. The lowest BCUT2D eigenvalue weighted by molar-refractivity contribution is 0.667. The van der Waals surface area contributed by atoms with Gasteiger partial charge in [-0.1, -0.05) is 78.9 Å². The van der Waals surface area contributed by atoms with Gasteiger partial charge in [0, 0.05) is 27.8 Å². The highest BCUT2D eigenvalue weighted by Crippen LogP contribution is 2.42. The van der Waals surface area contributed by atoms with E-state index < -0.39 is 0 Å². The Morgan fingerprint density at radius 3 is 1.88 bits per heavy atom. The van der Waals surface area contributed by atoms with E-state index in [0.717, 1.165) is 43.5 Å². The number of benzene rings is 5. The predicted molar refractivity (Wildman–Crippen MR) is 142 cm³/mol. The second-order valence-electron chi connectivity index (χ2n) is 7.99. The van der Waals surface area contributed by atoms with E-state index in [0.29, 0.717) is 0 Å². The molecule has 33 heavy (non-hydrogen) atoms. The van der Waals surface area contributed by atoms with Crippen LogP contribution in [0.4, 0.5) is 17.1 Å². The third kappa shape index (κ3) is 3.61. The van der Waals surface area contributed by atoms with Gasteiger partial charge in [-0.3, -0.25) is 0 Å². The summed E-state index contributed by atoms with van der Waals surface area (Å²) in [6.07, 6.45) is 0. The SMILES string of the molecule is Brc1cc(N(c2ccccc2)c2ccc(-c3ccccc3)cc2)cc2c1oc1ccccc12. The number of furan rings is 1. The molecular weight excluding hydrogens is 470 g/mol. The van der Waals surface area contributed by atoms with Crippen LogP contribution in [0.3, 0.4) is 0 Å². The number of halogens is 1. The van der Waals surface area contributed by atoms with Crippen LogP contribution in [0.15, 0.2) is 130 Å². The van der Waals surface area contributed by atoms with E-state index in [-0.39, 0.29) is 0 Å². The zero-order valence-corrected chi connectivity index (χ0v) is 19.4. The Morgan fingerprint density at radius 1 is 0.515 bits per heavy atom. The lowest BCUT2D eigenvalue weighted by Crippen LogP contribution is -2.09. The minimum absolute atomic E-state index is 0.868. The second-order valence-corrected chi connectivity index (χ2v) is 8.84. The molecule has 3 heteroatoms. The first-order valence-corrected chi connectivity index (χ1v) is 11.7. The first-order valence-electron chi connectivity index (χ1n) is 10.9. The molecule has 0 saturated carbocycles. The normalized spacial score (nSPS) is 11.2. The van der Waals surface area contributed by atoms with Crippen LogP contribution in [0, 0.1) is 0 Å². The van der Waals surface area contributed by atoms with Crippen LogP contribution in [0.1, 0.15) is 0 Å². The molecule has 0 N–H and O–H groups in total. The fourth-order valence-corrected chi connectivity index (χ4v) is 4.89. The Bertz CT molecular complexity index is 1550. The Balaban J connectivity index is 1.52. The maximum absolute atomic E-state index is 6.13. The monoisotopic (exact) mass is 489 g/mol. The summed E-state index contributed by atoms with van der Waals surface area (Å²) in [5, 5.41) is 2.21. The summed E-state index contributed by atoms with van der Waals surface area (Å²) in [6.45, 7) is 0. The van der Waals surface area contributed by atoms with Gasteiger partial charge in [0.15, 0.2) is 0 Å². The van der Waals surface area contributed by atoms with Crippen molar-refractivity contribution in [3.05, 3.63) is 126 Å². The number of para-hydroxylation sites is 2. The molecule has 0 bridgehead atoms. The van der Waals surface area contributed by atoms with E-state index in [1.807, 2.05) is 24.3 Å². The van der Waals surface area contributed by atoms with Crippen LogP contribution < -0.4 is 4.90 Å². The van der Waals surface area contributed by atoms with Gasteiger partial charge in [-0.25, -0.2) is 0 Å². The Kier molecular flexibility index (Phi) is 4.97. The Morgan fingerprint density at radius 2 is 1.12 bits per heavy atom. The van der Waals surface area contributed by atoms with Crippen LogP contribution in [-0.2, 0) is 0 Å². The molecule has 0 amide bonds. The van der Waals surface area contributed by atoms with Crippen molar-refractivity contribution in [2.75, 3.05) is 4.90 Å². The fraction of sp³-hybridized carbons (Fsp3) is 0. The van der Waals surface area contributed by atoms with E-state index in [4.69, 9.17) is 4.42 Å². The lowest BCUT2D eigenvalue weighted by Gasteiger charge is -2.26. The van der Waals surface area contributed by atoms with Crippen LogP contribution >= 0.6 is 15.9 Å². The molecule has 1 aromatic heterocycles. The molecule has 5 aromatic carbocycles. The summed E-state index contributed by atoms with van der Waals surface area (Å²) < 4.78 is 7.07. The molecule has 6 rings (SSSR count). The number of rotatable bonds is 4. The summed E-state index contributed by atoms with van der Waals surface area (Å²) in [6, 6.07) is 42.2. The summed E-state index contributed by atoms with van der Waals surface area (Å²) in [4.78, 5) is 2.28. The van der Waals surface area contributed by atoms with Crippen LogP contribution in [0.5, 0.6) is 0 Å². The fourth-order valence-electron chi connectivity index (χ4n) is 4.36. The molecule has 6 aromatic rings. The topological polar surface area (TPSA) is 16.4 Å². The molecule has 1 heterocycles. The number of anilines is 3. The number of nitrogens with zero attached hydrogens (tertiary/aromatic N) is 1. The third-order valence-corrected chi connectivity index (χ3v) is 6.51. The minimum Gasteiger partial charge on any atom is -0.455 e. The average molecular weight is 490 g/mol. The molecule has 0 saturated heterocycles. The highest BCUT2D eigenvalue weighted by molar-refractivity contribution is 9.10. The van der Waals surface area contributed by atoms with E-state index in [2.05, 4.69) is 118 Å². The van der Waals surface area contributed by atoms with Crippen molar-refractivity contribution in [2.45, 2.75) is 0 Å². The smallest absolute Gasteiger partial charge is 0.149 e. The van der Waals surface area contributed by atoms with E-state index in [9.17, 15) is 0 Å². The standard InChI is InChI=1S/C30H20BrNO/c31-28-20-25(19-27-26-13-7-8-14-29(26)33-30(27)28)32(23-11-5-2-6-12-23)24-17-15-22(16-18-24)21-9-3-1-4-10-21/h1-20H. The first-order chi connectivity index (χ1) is 16.3. The van der Waals surface area contributed by atoms with Crippen molar-refractivity contribution < 1.29 is 4.42 Å². The molecule has 0 unspecified atom stereocenters. The van der Waals surface area contributed by atoms with Gasteiger partial charge >= 0.3 is 0 Å². The first kappa shape index (κ1) is 19.8. The van der Waals surface area contributed by atoms with E-state index in [1.54, 1.807) is 0 Å². The summed E-state index contributed by atoms with van der Waals surface area (Å²) in [5.74, 6) is 0. The molecule has 0 aliphatic rings. The summed E-state index contributed by atoms with van der Waals surface area (Å²) in [7, 11) is 0. The van der Waals surface area contributed by atoms with E-state index >= 15 is 0 Å². The van der Waals surface area contributed by atoms with Gasteiger partial charge in [-0.2, -0.15) is 0 Å². The Hall–Kier alpha value is -3.82. The Labute approximate surface area is 200 Å². The molecule has 158 valence electrons. The molecule has 0 fully saturated rings. The van der Waals surface area contributed by atoms with Gasteiger partial charge in [0.05, 0.1) is 4.47 Å². The van der Waals surface area contributed by atoms with Crippen molar-refractivity contribution in [1.82, 2.24) is 0 Å². The molecule has 0 atom stereocenters. The minimum atomic E-state index is 0.868. The molecular formula is C30H20BrNO. The number of hydrogen-bond acceptors (Lipinski definition) is 2. The van der Waals surface area contributed by atoms with Gasteiger partial charge in [-0.05, 0) is 69.5 Å². The highest BCUT2D eigenvalue weighted by Gasteiger charge is 2.17. The van der Waals surface area contributed by atoms with Crippen molar-refractivity contribution >= 4 is 54.9 Å². The summed E-state index contributed by atoms with van der Waals surface area (Å²) in [5.41, 5.74) is 7.44. The van der Waals surface area contributed by atoms with Crippen molar-refractivity contribution in [3.63, 3.8) is 0 Å². The van der Waals surface area contributed by atoms with Crippen LogP contribution in [0.2, 0.25) is 0 Å². The molecule has 0 radical (unpaired) electrons. The maximum atomic E-state index is 6.13. The average Bonchev–Trinajstić information content (AvgIpc) is 3.25. The van der Waals surface area contributed by atoms with E-state index in [1.165, 1.54) is 11.1 Å². The predicted octanol–water partition coefficient (Wildman–Crippen LogP) is 9.49.